The average molecular weight is 241 g/mol. The van der Waals surface area contributed by atoms with Crippen LogP contribution in [-0.4, -0.2) is 41.3 Å². The third-order valence-corrected chi connectivity index (χ3v) is 2.55. The summed E-state index contributed by atoms with van der Waals surface area (Å²) in [4.78, 5) is 11.6. The van der Waals surface area contributed by atoms with E-state index in [0.717, 1.165) is 12.1 Å². The average Bonchev–Trinajstić information content (AvgIpc) is 2.68. The molecule has 1 atom stereocenters. The zero-order chi connectivity index (χ0) is 12.8. The third kappa shape index (κ3) is 3.26. The van der Waals surface area contributed by atoms with E-state index in [1.165, 1.54) is 0 Å². The molecule has 0 N–H and O–H groups in total. The normalized spacial score (nSPS) is 12.5. The van der Waals surface area contributed by atoms with Gasteiger partial charge < -0.3 is 9.47 Å². The zero-order valence-corrected chi connectivity index (χ0v) is 10.8. The predicted octanol–water partition coefficient (Wildman–Crippen LogP) is 1.36. The van der Waals surface area contributed by atoms with Gasteiger partial charge in [0.1, 0.15) is 0 Å². The zero-order valence-electron chi connectivity index (χ0n) is 10.8. The van der Waals surface area contributed by atoms with Crippen LogP contribution in [0.1, 0.15) is 42.5 Å². The number of methoxy groups -OCH3 is 1. The second kappa shape index (κ2) is 6.34. The summed E-state index contributed by atoms with van der Waals surface area (Å²) in [5.41, 5.74) is 1.02. The highest BCUT2D eigenvalue weighted by Crippen LogP contribution is 2.14. The van der Waals surface area contributed by atoms with Crippen molar-refractivity contribution in [3.05, 3.63) is 11.4 Å². The molecule has 0 fully saturated rings. The van der Waals surface area contributed by atoms with Gasteiger partial charge in [-0.3, -0.25) is 0 Å². The van der Waals surface area contributed by atoms with Crippen molar-refractivity contribution >= 4 is 5.97 Å². The van der Waals surface area contributed by atoms with Gasteiger partial charge in [0.15, 0.2) is 5.69 Å². The number of hydrogen-bond acceptors (Lipinski definition) is 5. The molecule has 0 aliphatic carbocycles. The van der Waals surface area contributed by atoms with Crippen LogP contribution in [0.4, 0.5) is 0 Å². The first-order valence-corrected chi connectivity index (χ1v) is 5.69. The van der Waals surface area contributed by atoms with Crippen LogP contribution in [0.5, 0.6) is 0 Å². The molecule has 0 bridgehead atoms. The molecule has 0 aliphatic heterocycles. The minimum atomic E-state index is -0.421. The standard InChI is InChI=1S/C11H19N3O3/c1-5-17-11(15)10-9(3)14(13-12-10)8(2)6-7-16-4/h8H,5-7H2,1-4H3. The summed E-state index contributed by atoms with van der Waals surface area (Å²) in [6, 6.07) is 0.144. The summed E-state index contributed by atoms with van der Waals surface area (Å²) in [6.07, 6.45) is 0.822. The summed E-state index contributed by atoms with van der Waals surface area (Å²) < 4.78 is 11.6. The number of rotatable bonds is 6. The number of carbonyl (C=O) groups is 1. The molecule has 0 radical (unpaired) electrons. The van der Waals surface area contributed by atoms with Crippen LogP contribution in [-0.2, 0) is 9.47 Å². The van der Waals surface area contributed by atoms with E-state index in [9.17, 15) is 4.79 Å². The van der Waals surface area contributed by atoms with Crippen LogP contribution >= 0.6 is 0 Å². The summed E-state index contributed by atoms with van der Waals surface area (Å²) in [6.45, 7) is 6.57. The molecule has 0 spiro atoms. The molecule has 1 unspecified atom stereocenters. The fourth-order valence-corrected chi connectivity index (χ4v) is 1.56. The number of hydrogen-bond donors (Lipinski definition) is 0. The number of carbonyl (C=O) groups excluding carboxylic acids is 1. The van der Waals surface area contributed by atoms with Gasteiger partial charge in [0.05, 0.1) is 18.3 Å². The quantitative estimate of drug-likeness (QED) is 0.703. The van der Waals surface area contributed by atoms with E-state index in [2.05, 4.69) is 10.3 Å². The van der Waals surface area contributed by atoms with Crippen molar-refractivity contribution in [1.82, 2.24) is 15.0 Å². The first-order chi connectivity index (χ1) is 8.11. The molecular formula is C11H19N3O3. The lowest BCUT2D eigenvalue weighted by atomic mass is 10.2. The van der Waals surface area contributed by atoms with Crippen molar-refractivity contribution in [2.75, 3.05) is 20.3 Å². The smallest absolute Gasteiger partial charge is 0.360 e. The van der Waals surface area contributed by atoms with Crippen molar-refractivity contribution in [3.63, 3.8) is 0 Å². The Morgan fingerprint density at radius 3 is 2.82 bits per heavy atom. The molecule has 17 heavy (non-hydrogen) atoms. The first-order valence-electron chi connectivity index (χ1n) is 5.69. The fraction of sp³-hybridized carbons (Fsp3) is 0.727. The van der Waals surface area contributed by atoms with Gasteiger partial charge in [-0.1, -0.05) is 5.21 Å². The maximum Gasteiger partial charge on any atom is 0.360 e. The molecule has 6 nitrogen and oxygen atoms in total. The maximum absolute atomic E-state index is 11.6. The monoisotopic (exact) mass is 241 g/mol. The van der Waals surface area contributed by atoms with E-state index in [0.29, 0.717) is 13.2 Å². The maximum atomic E-state index is 11.6. The van der Waals surface area contributed by atoms with E-state index < -0.39 is 5.97 Å². The third-order valence-electron chi connectivity index (χ3n) is 2.55. The van der Waals surface area contributed by atoms with Crippen LogP contribution in [0.2, 0.25) is 0 Å². The van der Waals surface area contributed by atoms with Gasteiger partial charge in [0.2, 0.25) is 0 Å². The molecule has 1 rings (SSSR count). The van der Waals surface area contributed by atoms with Gasteiger partial charge >= 0.3 is 5.97 Å². The number of aromatic nitrogens is 3. The van der Waals surface area contributed by atoms with E-state index in [-0.39, 0.29) is 11.7 Å². The van der Waals surface area contributed by atoms with Crippen LogP contribution in [0.25, 0.3) is 0 Å². The molecule has 1 aromatic rings. The predicted molar refractivity (Wildman–Crippen MR) is 61.9 cm³/mol. The molecule has 0 saturated heterocycles. The van der Waals surface area contributed by atoms with E-state index in [4.69, 9.17) is 9.47 Å². The van der Waals surface area contributed by atoms with E-state index in [1.807, 2.05) is 13.8 Å². The van der Waals surface area contributed by atoms with Crippen molar-refractivity contribution in [2.24, 2.45) is 0 Å². The molecule has 0 saturated carbocycles. The summed E-state index contributed by atoms with van der Waals surface area (Å²) in [5.74, 6) is -0.421. The first kappa shape index (κ1) is 13.6. The molecular weight excluding hydrogens is 222 g/mol. The van der Waals surface area contributed by atoms with Gasteiger partial charge in [0, 0.05) is 13.7 Å². The van der Waals surface area contributed by atoms with Crippen LogP contribution < -0.4 is 0 Å². The highest BCUT2D eigenvalue weighted by atomic mass is 16.5. The Labute approximate surface area is 101 Å². The Bertz CT molecular complexity index is 376. The minimum Gasteiger partial charge on any atom is -0.461 e. The molecule has 0 aliphatic rings. The molecule has 0 amide bonds. The van der Waals surface area contributed by atoms with Crippen molar-refractivity contribution < 1.29 is 14.3 Å². The highest BCUT2D eigenvalue weighted by Gasteiger charge is 2.19. The van der Waals surface area contributed by atoms with Crippen LogP contribution in [0.3, 0.4) is 0 Å². The topological polar surface area (TPSA) is 66.2 Å². The Morgan fingerprint density at radius 1 is 1.53 bits per heavy atom. The lowest BCUT2D eigenvalue weighted by Gasteiger charge is -2.12. The second-order valence-corrected chi connectivity index (χ2v) is 3.82. The Balaban J connectivity index is 2.79. The van der Waals surface area contributed by atoms with Gasteiger partial charge in [-0.05, 0) is 27.2 Å². The van der Waals surface area contributed by atoms with Crippen molar-refractivity contribution in [1.29, 1.82) is 0 Å². The molecule has 1 aromatic heterocycles. The molecule has 1 heterocycles. The van der Waals surface area contributed by atoms with Gasteiger partial charge in [-0.25, -0.2) is 9.48 Å². The lowest BCUT2D eigenvalue weighted by molar-refractivity contribution is 0.0518. The number of ether oxygens (including phenoxy) is 2. The van der Waals surface area contributed by atoms with Gasteiger partial charge in [-0.2, -0.15) is 0 Å². The molecule has 0 aromatic carbocycles. The van der Waals surface area contributed by atoms with Crippen molar-refractivity contribution in [2.45, 2.75) is 33.2 Å². The SMILES string of the molecule is CCOC(=O)c1nnn(C(C)CCOC)c1C. The van der Waals surface area contributed by atoms with Crippen molar-refractivity contribution in [3.8, 4) is 0 Å². The Kier molecular flexibility index (Phi) is 5.09. The molecule has 96 valence electrons. The summed E-state index contributed by atoms with van der Waals surface area (Å²) in [5, 5.41) is 7.84. The number of nitrogens with zero attached hydrogens (tertiary/aromatic N) is 3. The van der Waals surface area contributed by atoms with Gasteiger partial charge in [0.25, 0.3) is 0 Å². The Morgan fingerprint density at radius 2 is 2.24 bits per heavy atom. The van der Waals surface area contributed by atoms with E-state index in [1.54, 1.807) is 18.7 Å². The fourth-order valence-electron chi connectivity index (χ4n) is 1.56. The minimum absolute atomic E-state index is 0.144. The van der Waals surface area contributed by atoms with Crippen LogP contribution in [0.15, 0.2) is 0 Å². The molecule has 6 heteroatoms. The van der Waals surface area contributed by atoms with Gasteiger partial charge in [-0.15, -0.1) is 5.10 Å². The summed E-state index contributed by atoms with van der Waals surface area (Å²) >= 11 is 0. The van der Waals surface area contributed by atoms with E-state index >= 15 is 0 Å². The second-order valence-electron chi connectivity index (χ2n) is 3.82. The van der Waals surface area contributed by atoms with Crippen LogP contribution in [0, 0.1) is 6.92 Å². The Hall–Kier alpha value is -1.43. The highest BCUT2D eigenvalue weighted by molar-refractivity contribution is 5.88. The largest absolute Gasteiger partial charge is 0.461 e. The number of esters is 1. The lowest BCUT2D eigenvalue weighted by Crippen LogP contribution is -2.12. The summed E-state index contributed by atoms with van der Waals surface area (Å²) in [7, 11) is 1.66.